The van der Waals surface area contributed by atoms with Crippen molar-refractivity contribution in [2.45, 2.75) is 26.3 Å². The van der Waals surface area contributed by atoms with E-state index in [2.05, 4.69) is 21.2 Å². The molecule has 0 saturated heterocycles. The summed E-state index contributed by atoms with van der Waals surface area (Å²) in [5.74, 6) is -0.906. The van der Waals surface area contributed by atoms with Crippen molar-refractivity contribution in [3.8, 4) is 0 Å². The molecule has 0 spiro atoms. The molecule has 1 aromatic carbocycles. The Morgan fingerprint density at radius 3 is 2.88 bits per heavy atom. The van der Waals surface area contributed by atoms with Gasteiger partial charge in [-0.05, 0) is 44.0 Å². The van der Waals surface area contributed by atoms with Crippen molar-refractivity contribution in [2.75, 3.05) is 5.32 Å². The quantitative estimate of drug-likeness (QED) is 0.817. The lowest BCUT2D eigenvalue weighted by atomic mass is 10.1. The molecule has 0 aromatic heterocycles. The second-order valence-electron chi connectivity index (χ2n) is 3.98. The molecular weight excluding hydrogens is 282 g/mol. The molecule has 92 valence electrons. The summed E-state index contributed by atoms with van der Waals surface area (Å²) in [4.78, 5) is 10.3. The molecule has 0 bridgehead atoms. The van der Waals surface area contributed by atoms with Gasteiger partial charge in [-0.3, -0.25) is 0 Å². The highest BCUT2D eigenvalue weighted by molar-refractivity contribution is 9.10. The monoisotopic (exact) mass is 297 g/mol. The Hall–Kier alpha value is -1.29. The Morgan fingerprint density at radius 1 is 1.59 bits per heavy atom. The number of nitrogens with one attached hydrogen (secondary N) is 1. The van der Waals surface area contributed by atoms with E-state index in [0.717, 1.165) is 15.7 Å². The summed E-state index contributed by atoms with van der Waals surface area (Å²) in [6.07, 6.45) is 3.52. The number of hydrogen-bond acceptors (Lipinski definition) is 2. The van der Waals surface area contributed by atoms with Gasteiger partial charge in [-0.2, -0.15) is 0 Å². The first-order valence-electron chi connectivity index (χ1n) is 5.41. The number of carboxylic acid groups (broad SMARTS) is 1. The summed E-state index contributed by atoms with van der Waals surface area (Å²) in [7, 11) is 0. The van der Waals surface area contributed by atoms with Crippen LogP contribution in [0.15, 0.2) is 34.8 Å². The van der Waals surface area contributed by atoms with Gasteiger partial charge in [0, 0.05) is 22.3 Å². The summed E-state index contributed by atoms with van der Waals surface area (Å²) in [6, 6.07) is 6.24. The number of benzene rings is 1. The zero-order chi connectivity index (χ0) is 12.8. The fourth-order valence-electron chi connectivity index (χ4n) is 1.49. The van der Waals surface area contributed by atoms with Gasteiger partial charge in [0.2, 0.25) is 0 Å². The van der Waals surface area contributed by atoms with Crippen molar-refractivity contribution < 1.29 is 9.90 Å². The standard InChI is InChI=1S/C13H16BrNO2/c1-9-8-11(14)6-7-12(9)15-10(2)4-3-5-13(16)17/h3,5-8,10,15H,4H2,1-2H3,(H,16,17). The van der Waals surface area contributed by atoms with Crippen LogP contribution in [-0.4, -0.2) is 17.1 Å². The molecular formula is C13H16BrNO2. The van der Waals surface area contributed by atoms with Gasteiger partial charge >= 0.3 is 5.97 Å². The van der Waals surface area contributed by atoms with Crippen LogP contribution in [0.4, 0.5) is 5.69 Å². The third kappa shape index (κ3) is 5.04. The highest BCUT2D eigenvalue weighted by atomic mass is 79.9. The van der Waals surface area contributed by atoms with Crippen molar-refractivity contribution in [1.29, 1.82) is 0 Å². The Labute approximate surface area is 110 Å². The minimum Gasteiger partial charge on any atom is -0.478 e. The van der Waals surface area contributed by atoms with E-state index in [1.54, 1.807) is 6.08 Å². The second kappa shape index (κ2) is 6.45. The van der Waals surface area contributed by atoms with E-state index in [1.165, 1.54) is 6.08 Å². The van der Waals surface area contributed by atoms with Crippen molar-refractivity contribution in [3.63, 3.8) is 0 Å². The molecule has 0 saturated carbocycles. The summed E-state index contributed by atoms with van der Waals surface area (Å²) < 4.78 is 1.05. The Bertz CT molecular complexity index is 429. The van der Waals surface area contributed by atoms with Crippen LogP contribution in [0.25, 0.3) is 0 Å². The van der Waals surface area contributed by atoms with E-state index in [4.69, 9.17) is 5.11 Å². The van der Waals surface area contributed by atoms with Crippen LogP contribution in [0.2, 0.25) is 0 Å². The normalized spacial score (nSPS) is 12.6. The lowest BCUT2D eigenvalue weighted by Gasteiger charge is -2.15. The molecule has 0 aliphatic carbocycles. The molecule has 0 aliphatic rings. The molecule has 0 amide bonds. The number of anilines is 1. The smallest absolute Gasteiger partial charge is 0.327 e. The van der Waals surface area contributed by atoms with Gasteiger partial charge in [0.1, 0.15) is 0 Å². The van der Waals surface area contributed by atoms with E-state index in [9.17, 15) is 4.79 Å². The van der Waals surface area contributed by atoms with Gasteiger partial charge in [-0.25, -0.2) is 4.79 Å². The zero-order valence-corrected chi connectivity index (χ0v) is 11.5. The van der Waals surface area contributed by atoms with Gasteiger partial charge in [-0.1, -0.05) is 22.0 Å². The zero-order valence-electron chi connectivity index (χ0n) is 9.90. The van der Waals surface area contributed by atoms with Crippen LogP contribution in [-0.2, 0) is 4.79 Å². The molecule has 0 aliphatic heterocycles. The van der Waals surface area contributed by atoms with Crippen molar-refractivity contribution >= 4 is 27.6 Å². The predicted molar refractivity (Wildman–Crippen MR) is 73.4 cm³/mol. The number of aliphatic carboxylic acids is 1. The molecule has 1 unspecified atom stereocenters. The first-order valence-corrected chi connectivity index (χ1v) is 6.20. The fraction of sp³-hybridized carbons (Fsp3) is 0.308. The van der Waals surface area contributed by atoms with E-state index in [-0.39, 0.29) is 6.04 Å². The van der Waals surface area contributed by atoms with Crippen molar-refractivity contribution in [3.05, 3.63) is 40.4 Å². The third-order valence-electron chi connectivity index (χ3n) is 2.34. The van der Waals surface area contributed by atoms with Gasteiger partial charge < -0.3 is 10.4 Å². The van der Waals surface area contributed by atoms with E-state index < -0.39 is 5.97 Å². The maximum Gasteiger partial charge on any atom is 0.327 e. The third-order valence-corrected chi connectivity index (χ3v) is 2.83. The molecule has 0 heterocycles. The topological polar surface area (TPSA) is 49.3 Å². The molecule has 3 nitrogen and oxygen atoms in total. The Balaban J connectivity index is 2.56. The Kier molecular flexibility index (Phi) is 5.22. The maximum absolute atomic E-state index is 10.3. The van der Waals surface area contributed by atoms with Crippen LogP contribution < -0.4 is 5.32 Å². The average Bonchev–Trinajstić information content (AvgIpc) is 2.21. The highest BCUT2D eigenvalue weighted by Crippen LogP contribution is 2.21. The second-order valence-corrected chi connectivity index (χ2v) is 4.90. The number of hydrogen-bond donors (Lipinski definition) is 2. The molecule has 2 N–H and O–H groups in total. The van der Waals surface area contributed by atoms with Crippen LogP contribution in [0, 0.1) is 6.92 Å². The summed E-state index contributed by atoms with van der Waals surface area (Å²) in [5.41, 5.74) is 2.23. The van der Waals surface area contributed by atoms with Gasteiger partial charge in [-0.15, -0.1) is 0 Å². The predicted octanol–water partition coefficient (Wildman–Crippen LogP) is 3.59. The van der Waals surface area contributed by atoms with Crippen LogP contribution in [0.5, 0.6) is 0 Å². The van der Waals surface area contributed by atoms with Crippen molar-refractivity contribution in [2.24, 2.45) is 0 Å². The number of aryl methyl sites for hydroxylation is 1. The lowest BCUT2D eigenvalue weighted by Crippen LogP contribution is -2.14. The molecule has 4 heteroatoms. The van der Waals surface area contributed by atoms with Gasteiger partial charge in [0.25, 0.3) is 0 Å². The molecule has 0 radical (unpaired) electrons. The first kappa shape index (κ1) is 13.8. The molecule has 0 fully saturated rings. The van der Waals surface area contributed by atoms with Crippen molar-refractivity contribution in [1.82, 2.24) is 0 Å². The largest absolute Gasteiger partial charge is 0.478 e. The number of carboxylic acids is 1. The highest BCUT2D eigenvalue weighted by Gasteiger charge is 2.03. The Morgan fingerprint density at radius 2 is 2.29 bits per heavy atom. The lowest BCUT2D eigenvalue weighted by molar-refractivity contribution is -0.131. The maximum atomic E-state index is 10.3. The van der Waals surface area contributed by atoms with E-state index in [1.807, 2.05) is 32.0 Å². The SMILES string of the molecule is Cc1cc(Br)ccc1NC(C)CC=CC(=O)O. The van der Waals surface area contributed by atoms with E-state index in [0.29, 0.717) is 6.42 Å². The van der Waals surface area contributed by atoms with Gasteiger partial charge in [0.15, 0.2) is 0 Å². The minimum atomic E-state index is -0.906. The number of rotatable bonds is 5. The van der Waals surface area contributed by atoms with Crippen LogP contribution >= 0.6 is 15.9 Å². The molecule has 1 atom stereocenters. The van der Waals surface area contributed by atoms with Gasteiger partial charge in [0.05, 0.1) is 0 Å². The molecule has 17 heavy (non-hydrogen) atoms. The minimum absolute atomic E-state index is 0.200. The summed E-state index contributed by atoms with van der Waals surface area (Å²) >= 11 is 3.42. The van der Waals surface area contributed by atoms with Crippen LogP contribution in [0.1, 0.15) is 18.9 Å². The fourth-order valence-corrected chi connectivity index (χ4v) is 1.96. The number of carbonyl (C=O) groups is 1. The summed E-state index contributed by atoms with van der Waals surface area (Å²) in [6.45, 7) is 4.06. The summed E-state index contributed by atoms with van der Waals surface area (Å²) in [5, 5.41) is 11.8. The average molecular weight is 298 g/mol. The first-order chi connectivity index (χ1) is 7.99. The molecule has 1 rings (SSSR count). The van der Waals surface area contributed by atoms with E-state index >= 15 is 0 Å². The van der Waals surface area contributed by atoms with Crippen LogP contribution in [0.3, 0.4) is 0 Å². The molecule has 1 aromatic rings. The number of halogens is 1.